The lowest BCUT2D eigenvalue weighted by molar-refractivity contribution is -0.149. The van der Waals surface area contributed by atoms with E-state index in [0.717, 1.165) is 17.7 Å². The Morgan fingerprint density at radius 2 is 1.75 bits per heavy atom. The number of ether oxygens (including phenoxy) is 2. The molecule has 1 aliphatic heterocycles. The highest BCUT2D eigenvalue weighted by Gasteiger charge is 2.34. The summed E-state index contributed by atoms with van der Waals surface area (Å²) < 4.78 is 33.2. The van der Waals surface area contributed by atoms with Crippen molar-refractivity contribution in [3.63, 3.8) is 0 Å². The fraction of sp³-hybridized carbons (Fsp3) is 0.421. The lowest BCUT2D eigenvalue weighted by atomic mass is 10.1. The minimum Gasteiger partial charge on any atom is -0.463 e. The van der Waals surface area contributed by atoms with E-state index in [2.05, 4.69) is 4.74 Å². The molecule has 0 unspecified atom stereocenters. The average Bonchev–Trinajstić information content (AvgIpc) is 3.03. The second-order valence-corrected chi connectivity index (χ2v) is 8.49. The number of benzene rings is 1. The summed E-state index contributed by atoms with van der Waals surface area (Å²) in [6.07, 6.45) is 2.14. The van der Waals surface area contributed by atoms with E-state index in [1.807, 2.05) is 30.3 Å². The molecule has 0 bridgehead atoms. The van der Waals surface area contributed by atoms with E-state index in [9.17, 15) is 22.8 Å². The van der Waals surface area contributed by atoms with Crippen LogP contribution >= 0.6 is 0 Å². The van der Waals surface area contributed by atoms with E-state index in [1.54, 1.807) is 6.92 Å². The Labute approximate surface area is 164 Å². The molecule has 0 spiro atoms. The summed E-state index contributed by atoms with van der Waals surface area (Å²) in [5.74, 6) is -2.13. The first-order valence-corrected chi connectivity index (χ1v) is 10.7. The molecule has 1 aromatic rings. The molecule has 9 heteroatoms. The molecule has 1 aliphatic rings. The molecule has 2 rings (SSSR count). The summed E-state index contributed by atoms with van der Waals surface area (Å²) in [6.45, 7) is 1.48. The van der Waals surface area contributed by atoms with Crippen molar-refractivity contribution in [2.75, 3.05) is 24.7 Å². The van der Waals surface area contributed by atoms with Gasteiger partial charge in [0.1, 0.15) is 0 Å². The molecule has 1 saturated heterocycles. The van der Waals surface area contributed by atoms with Gasteiger partial charge in [-0.1, -0.05) is 30.3 Å². The van der Waals surface area contributed by atoms with Crippen LogP contribution in [0.5, 0.6) is 0 Å². The number of carbonyl (C=O) groups is 3. The van der Waals surface area contributed by atoms with Crippen molar-refractivity contribution in [1.82, 2.24) is 4.90 Å². The fourth-order valence-corrected chi connectivity index (χ4v) is 4.54. The Kier molecular flexibility index (Phi) is 7.74. The van der Waals surface area contributed by atoms with Crippen LogP contribution in [0.4, 0.5) is 0 Å². The van der Waals surface area contributed by atoms with Gasteiger partial charge in [0.2, 0.25) is 0 Å². The van der Waals surface area contributed by atoms with Gasteiger partial charge in [0, 0.05) is 24.7 Å². The highest BCUT2D eigenvalue weighted by molar-refractivity contribution is 7.91. The third kappa shape index (κ3) is 6.80. The van der Waals surface area contributed by atoms with Gasteiger partial charge >= 0.3 is 11.9 Å². The van der Waals surface area contributed by atoms with Crippen LogP contribution in [-0.4, -0.2) is 61.9 Å². The Bertz CT molecular complexity index is 833. The van der Waals surface area contributed by atoms with Gasteiger partial charge in [0.25, 0.3) is 5.91 Å². The summed E-state index contributed by atoms with van der Waals surface area (Å²) >= 11 is 0. The first-order chi connectivity index (χ1) is 13.3. The van der Waals surface area contributed by atoms with Crippen LogP contribution < -0.4 is 0 Å². The second kappa shape index (κ2) is 10.0. The van der Waals surface area contributed by atoms with Gasteiger partial charge in [-0.2, -0.15) is 0 Å². The molecule has 152 valence electrons. The maximum absolute atomic E-state index is 12.6. The Hall–Kier alpha value is -2.68. The first kappa shape index (κ1) is 21.6. The quantitative estimate of drug-likeness (QED) is 0.463. The predicted octanol–water partition coefficient (Wildman–Crippen LogP) is 0.865. The predicted molar refractivity (Wildman–Crippen MR) is 101 cm³/mol. The molecule has 28 heavy (non-hydrogen) atoms. The maximum Gasteiger partial charge on any atom is 0.331 e. The summed E-state index contributed by atoms with van der Waals surface area (Å²) in [7, 11) is -3.19. The number of carbonyl (C=O) groups excluding carboxylic acids is 3. The average molecular weight is 409 g/mol. The standard InChI is InChI=1S/C19H23NO7S/c1-2-26-18(22)8-9-19(23)27-13-17(21)20(12-15-6-4-3-5-7-15)16-10-11-28(24,25)14-16/h3-9,16H,2,10-14H2,1H3/b9-8+/t16-/m1/s1. The molecule has 0 aliphatic carbocycles. The summed E-state index contributed by atoms with van der Waals surface area (Å²) in [4.78, 5) is 36.9. The number of nitrogens with zero attached hydrogens (tertiary/aromatic N) is 1. The largest absolute Gasteiger partial charge is 0.463 e. The van der Waals surface area contributed by atoms with Crippen molar-refractivity contribution in [3.8, 4) is 0 Å². The van der Waals surface area contributed by atoms with E-state index in [4.69, 9.17) is 4.74 Å². The highest BCUT2D eigenvalue weighted by atomic mass is 32.2. The van der Waals surface area contributed by atoms with Gasteiger partial charge < -0.3 is 14.4 Å². The van der Waals surface area contributed by atoms with Crippen molar-refractivity contribution < 1.29 is 32.3 Å². The molecule has 1 atom stereocenters. The number of esters is 2. The van der Waals surface area contributed by atoms with Crippen LogP contribution in [0.3, 0.4) is 0 Å². The van der Waals surface area contributed by atoms with Crippen molar-refractivity contribution in [2.24, 2.45) is 0 Å². The summed E-state index contributed by atoms with van der Waals surface area (Å²) in [5.41, 5.74) is 0.841. The lowest BCUT2D eigenvalue weighted by Crippen LogP contribution is -2.42. The summed E-state index contributed by atoms with van der Waals surface area (Å²) in [6, 6.07) is 8.68. The number of hydrogen-bond donors (Lipinski definition) is 0. The molecule has 0 N–H and O–H groups in total. The third-order valence-corrected chi connectivity index (χ3v) is 5.90. The Morgan fingerprint density at radius 3 is 2.32 bits per heavy atom. The molecular formula is C19H23NO7S. The number of sulfone groups is 1. The molecule has 0 aromatic heterocycles. The topological polar surface area (TPSA) is 107 Å². The van der Waals surface area contributed by atoms with Gasteiger partial charge in [-0.15, -0.1) is 0 Å². The zero-order valence-corrected chi connectivity index (χ0v) is 16.4. The van der Waals surface area contributed by atoms with E-state index in [-0.39, 0.29) is 24.7 Å². The minimum absolute atomic E-state index is 0.0261. The lowest BCUT2D eigenvalue weighted by Gasteiger charge is -2.28. The molecular weight excluding hydrogens is 386 g/mol. The summed E-state index contributed by atoms with van der Waals surface area (Å²) in [5, 5.41) is 0. The molecule has 0 saturated carbocycles. The molecule has 1 amide bonds. The highest BCUT2D eigenvalue weighted by Crippen LogP contribution is 2.20. The smallest absolute Gasteiger partial charge is 0.331 e. The van der Waals surface area contributed by atoms with Gasteiger partial charge in [-0.3, -0.25) is 4.79 Å². The third-order valence-electron chi connectivity index (χ3n) is 4.15. The zero-order valence-electron chi connectivity index (χ0n) is 15.6. The molecule has 1 fully saturated rings. The number of hydrogen-bond acceptors (Lipinski definition) is 7. The van der Waals surface area contributed by atoms with Crippen LogP contribution in [0.15, 0.2) is 42.5 Å². The van der Waals surface area contributed by atoms with Gasteiger partial charge in [-0.25, -0.2) is 18.0 Å². The van der Waals surface area contributed by atoms with E-state index >= 15 is 0 Å². The maximum atomic E-state index is 12.6. The molecule has 1 heterocycles. The monoisotopic (exact) mass is 409 g/mol. The van der Waals surface area contributed by atoms with E-state index in [0.29, 0.717) is 6.42 Å². The zero-order chi connectivity index (χ0) is 20.6. The van der Waals surface area contributed by atoms with Gasteiger partial charge in [-0.05, 0) is 18.9 Å². The Balaban J connectivity index is 2.00. The van der Waals surface area contributed by atoms with Crippen LogP contribution in [-0.2, 0) is 40.2 Å². The molecule has 1 aromatic carbocycles. The minimum atomic E-state index is -3.19. The van der Waals surface area contributed by atoms with Crippen LogP contribution in [0.25, 0.3) is 0 Å². The van der Waals surface area contributed by atoms with Crippen molar-refractivity contribution >= 4 is 27.7 Å². The van der Waals surface area contributed by atoms with Crippen molar-refractivity contribution in [1.29, 1.82) is 0 Å². The molecule has 0 radical (unpaired) electrons. The SMILES string of the molecule is CCOC(=O)/C=C/C(=O)OCC(=O)N(Cc1ccccc1)[C@@H]1CCS(=O)(=O)C1. The fourth-order valence-electron chi connectivity index (χ4n) is 2.81. The van der Waals surface area contributed by atoms with Gasteiger partial charge in [0.05, 0.1) is 18.1 Å². The van der Waals surface area contributed by atoms with E-state index in [1.165, 1.54) is 4.90 Å². The second-order valence-electron chi connectivity index (χ2n) is 6.26. The van der Waals surface area contributed by atoms with Gasteiger partial charge in [0.15, 0.2) is 16.4 Å². The van der Waals surface area contributed by atoms with Crippen molar-refractivity contribution in [2.45, 2.75) is 25.9 Å². The Morgan fingerprint density at radius 1 is 1.11 bits per heavy atom. The van der Waals surface area contributed by atoms with Crippen molar-refractivity contribution in [3.05, 3.63) is 48.0 Å². The van der Waals surface area contributed by atoms with E-state index < -0.39 is 40.3 Å². The first-order valence-electron chi connectivity index (χ1n) is 8.86. The molecule has 8 nitrogen and oxygen atoms in total. The van der Waals surface area contributed by atoms with Crippen LogP contribution in [0.1, 0.15) is 18.9 Å². The van der Waals surface area contributed by atoms with Crippen LogP contribution in [0.2, 0.25) is 0 Å². The normalized spacial score (nSPS) is 18.0. The number of rotatable bonds is 8. The number of amides is 1. The van der Waals surface area contributed by atoms with Crippen LogP contribution in [0, 0.1) is 0 Å².